The van der Waals surface area contributed by atoms with E-state index in [9.17, 15) is 18.8 Å². The summed E-state index contributed by atoms with van der Waals surface area (Å²) in [5.41, 5.74) is 0.267. The zero-order valence-electron chi connectivity index (χ0n) is 15.2. The largest absolute Gasteiger partial charge is 0.462 e. The molecule has 27 heavy (non-hydrogen) atoms. The summed E-state index contributed by atoms with van der Waals surface area (Å²) in [6.45, 7) is 5.27. The quantitative estimate of drug-likeness (QED) is 0.720. The number of ether oxygens (including phenoxy) is 2. The van der Waals surface area contributed by atoms with Gasteiger partial charge in [-0.05, 0) is 37.1 Å². The number of carbonyl (C=O) groups excluding carboxylic acids is 3. The summed E-state index contributed by atoms with van der Waals surface area (Å²) in [5, 5.41) is 2.91. The highest BCUT2D eigenvalue weighted by atomic mass is 32.1. The molecular weight excluding hydrogens is 373 g/mol. The third-order valence-electron chi connectivity index (χ3n) is 3.46. The first-order chi connectivity index (χ1) is 12.8. The average Bonchev–Trinajstić information content (AvgIpc) is 3.04. The molecule has 0 bridgehead atoms. The van der Waals surface area contributed by atoms with Crippen LogP contribution < -0.4 is 5.32 Å². The van der Waals surface area contributed by atoms with Gasteiger partial charge in [-0.3, -0.25) is 4.79 Å². The maximum atomic E-state index is 13.1. The molecule has 0 unspecified atom stereocenters. The van der Waals surface area contributed by atoms with Crippen LogP contribution in [0.5, 0.6) is 0 Å². The Morgan fingerprint density at radius 1 is 1.15 bits per heavy atom. The van der Waals surface area contributed by atoms with Crippen molar-refractivity contribution in [3.8, 4) is 0 Å². The molecule has 1 aromatic carbocycles. The molecule has 1 heterocycles. The van der Waals surface area contributed by atoms with E-state index < -0.39 is 30.3 Å². The van der Waals surface area contributed by atoms with Gasteiger partial charge in [0.15, 0.2) is 6.61 Å². The van der Waals surface area contributed by atoms with Gasteiger partial charge < -0.3 is 14.8 Å². The minimum Gasteiger partial charge on any atom is -0.462 e. The number of halogens is 1. The zero-order valence-corrected chi connectivity index (χ0v) is 16.0. The summed E-state index contributed by atoms with van der Waals surface area (Å²) in [6, 6.07) is 6.66. The predicted octanol–water partition coefficient (Wildman–Crippen LogP) is 3.98. The SMILES string of the molecule is CCOC(=O)c1cc(C(C)C)sc1NC(=O)COC(=O)c1cccc(F)c1. The number of rotatable bonds is 7. The van der Waals surface area contributed by atoms with Crippen LogP contribution in [0.25, 0.3) is 0 Å². The van der Waals surface area contributed by atoms with Gasteiger partial charge >= 0.3 is 11.9 Å². The lowest BCUT2D eigenvalue weighted by Crippen LogP contribution is -2.21. The summed E-state index contributed by atoms with van der Waals surface area (Å²) in [7, 11) is 0. The molecule has 0 aliphatic heterocycles. The van der Waals surface area contributed by atoms with Crippen LogP contribution >= 0.6 is 11.3 Å². The molecule has 0 fully saturated rings. The van der Waals surface area contributed by atoms with E-state index in [1.165, 1.54) is 29.5 Å². The van der Waals surface area contributed by atoms with Crippen molar-refractivity contribution in [2.24, 2.45) is 0 Å². The first-order valence-corrected chi connectivity index (χ1v) is 9.16. The van der Waals surface area contributed by atoms with Crippen LogP contribution in [0.15, 0.2) is 30.3 Å². The predicted molar refractivity (Wildman–Crippen MR) is 99.7 cm³/mol. The number of amides is 1. The van der Waals surface area contributed by atoms with Crippen LogP contribution in [0, 0.1) is 5.82 Å². The fourth-order valence-corrected chi connectivity index (χ4v) is 3.21. The Kier molecular flexibility index (Phi) is 7.06. The molecule has 0 saturated carbocycles. The minimum absolute atomic E-state index is 0.00762. The number of esters is 2. The fourth-order valence-electron chi connectivity index (χ4n) is 2.14. The van der Waals surface area contributed by atoms with Crippen LogP contribution in [0.1, 0.15) is 52.3 Å². The van der Waals surface area contributed by atoms with Crippen LogP contribution in [0.4, 0.5) is 9.39 Å². The highest BCUT2D eigenvalue weighted by Gasteiger charge is 2.21. The smallest absolute Gasteiger partial charge is 0.341 e. The van der Waals surface area contributed by atoms with Crippen molar-refractivity contribution in [1.29, 1.82) is 0 Å². The van der Waals surface area contributed by atoms with Gasteiger partial charge in [0.05, 0.1) is 17.7 Å². The van der Waals surface area contributed by atoms with Crippen molar-refractivity contribution in [2.45, 2.75) is 26.7 Å². The molecule has 2 rings (SSSR count). The molecule has 1 N–H and O–H groups in total. The number of hydrogen-bond donors (Lipinski definition) is 1. The highest BCUT2D eigenvalue weighted by molar-refractivity contribution is 7.16. The second kappa shape index (κ2) is 9.27. The monoisotopic (exact) mass is 393 g/mol. The van der Waals surface area contributed by atoms with Gasteiger partial charge in [-0.1, -0.05) is 19.9 Å². The number of carbonyl (C=O) groups is 3. The van der Waals surface area contributed by atoms with Crippen LogP contribution in [-0.4, -0.2) is 31.1 Å². The maximum Gasteiger partial charge on any atom is 0.341 e. The standard InChI is InChI=1S/C19H20FNO5S/c1-4-25-19(24)14-9-15(11(2)3)27-17(14)21-16(22)10-26-18(23)12-6-5-7-13(20)8-12/h5-9,11H,4,10H2,1-3H3,(H,21,22). The summed E-state index contributed by atoms with van der Waals surface area (Å²) in [6.07, 6.45) is 0. The van der Waals surface area contributed by atoms with Crippen molar-refractivity contribution < 1.29 is 28.2 Å². The molecule has 0 spiro atoms. The number of anilines is 1. The van der Waals surface area contributed by atoms with Crippen LogP contribution in [-0.2, 0) is 14.3 Å². The van der Waals surface area contributed by atoms with E-state index in [-0.39, 0.29) is 23.7 Å². The Balaban J connectivity index is 2.04. The third kappa shape index (κ3) is 5.62. The molecule has 6 nitrogen and oxygen atoms in total. The van der Waals surface area contributed by atoms with Crippen LogP contribution in [0.3, 0.4) is 0 Å². The maximum absolute atomic E-state index is 13.1. The van der Waals surface area contributed by atoms with E-state index in [1.807, 2.05) is 13.8 Å². The molecule has 0 radical (unpaired) electrons. The Bertz CT molecular complexity index is 846. The van der Waals surface area contributed by atoms with Crippen molar-refractivity contribution >= 4 is 34.2 Å². The lowest BCUT2D eigenvalue weighted by atomic mass is 10.1. The van der Waals surface area contributed by atoms with Crippen molar-refractivity contribution in [1.82, 2.24) is 0 Å². The molecule has 0 aliphatic rings. The van der Waals surface area contributed by atoms with Crippen molar-refractivity contribution in [3.05, 3.63) is 52.2 Å². The number of nitrogens with one attached hydrogen (secondary N) is 1. The van der Waals surface area contributed by atoms with Gasteiger partial charge in [-0.25, -0.2) is 14.0 Å². The molecular formula is C19H20FNO5S. The molecule has 0 atom stereocenters. The summed E-state index contributed by atoms with van der Waals surface area (Å²) in [4.78, 5) is 37.0. The van der Waals surface area contributed by atoms with E-state index in [2.05, 4.69) is 5.32 Å². The third-order valence-corrected chi connectivity index (χ3v) is 4.81. The topological polar surface area (TPSA) is 81.7 Å². The highest BCUT2D eigenvalue weighted by Crippen LogP contribution is 2.33. The number of hydrogen-bond acceptors (Lipinski definition) is 6. The van der Waals surface area contributed by atoms with Crippen molar-refractivity contribution in [2.75, 3.05) is 18.5 Å². The van der Waals surface area contributed by atoms with E-state index in [4.69, 9.17) is 9.47 Å². The Morgan fingerprint density at radius 2 is 1.89 bits per heavy atom. The minimum atomic E-state index is -0.815. The molecule has 1 amide bonds. The lowest BCUT2D eigenvalue weighted by Gasteiger charge is -2.07. The van der Waals surface area contributed by atoms with E-state index in [0.717, 1.165) is 10.9 Å². The molecule has 0 aliphatic carbocycles. The second-order valence-electron chi connectivity index (χ2n) is 5.90. The van der Waals surface area contributed by atoms with Gasteiger partial charge in [0, 0.05) is 4.88 Å². The van der Waals surface area contributed by atoms with Gasteiger partial charge in [0.2, 0.25) is 0 Å². The summed E-state index contributed by atoms with van der Waals surface area (Å²) < 4.78 is 23.0. The van der Waals surface area contributed by atoms with Gasteiger partial charge in [0.25, 0.3) is 5.91 Å². The molecule has 2 aromatic rings. The first kappa shape index (κ1) is 20.6. The van der Waals surface area contributed by atoms with Crippen LogP contribution in [0.2, 0.25) is 0 Å². The van der Waals surface area contributed by atoms with Crippen molar-refractivity contribution in [3.63, 3.8) is 0 Å². The fraction of sp³-hybridized carbons (Fsp3) is 0.316. The van der Waals surface area contributed by atoms with E-state index in [1.54, 1.807) is 13.0 Å². The number of thiophene rings is 1. The van der Waals surface area contributed by atoms with Gasteiger partial charge in [-0.2, -0.15) is 0 Å². The second-order valence-corrected chi connectivity index (χ2v) is 6.99. The van der Waals surface area contributed by atoms with Gasteiger partial charge in [0.1, 0.15) is 10.8 Å². The van der Waals surface area contributed by atoms with Gasteiger partial charge in [-0.15, -0.1) is 11.3 Å². The lowest BCUT2D eigenvalue weighted by molar-refractivity contribution is -0.119. The Morgan fingerprint density at radius 3 is 2.52 bits per heavy atom. The van der Waals surface area contributed by atoms with E-state index >= 15 is 0 Å². The Hall–Kier alpha value is -2.74. The average molecular weight is 393 g/mol. The Labute approximate surface area is 160 Å². The van der Waals surface area contributed by atoms with E-state index in [0.29, 0.717) is 5.00 Å². The summed E-state index contributed by atoms with van der Waals surface area (Å²) in [5.74, 6) is -2.37. The zero-order chi connectivity index (χ0) is 20.0. The normalized spacial score (nSPS) is 10.6. The number of benzene rings is 1. The first-order valence-electron chi connectivity index (χ1n) is 8.35. The molecule has 0 saturated heterocycles. The molecule has 1 aromatic heterocycles. The summed E-state index contributed by atoms with van der Waals surface area (Å²) >= 11 is 1.26. The molecule has 144 valence electrons. The molecule has 8 heteroatoms.